The lowest BCUT2D eigenvalue weighted by molar-refractivity contribution is 0.0965. The zero-order valence-corrected chi connectivity index (χ0v) is 41.9. The van der Waals surface area contributed by atoms with Crippen molar-refractivity contribution in [2.75, 3.05) is 29.5 Å². The Morgan fingerprint density at radius 2 is 1.34 bits per heavy atom. The van der Waals surface area contributed by atoms with Crippen molar-refractivity contribution in [1.29, 1.82) is 0 Å². The predicted molar refractivity (Wildman–Crippen MR) is 273 cm³/mol. The molecular formula is C46H37BrCl2N12O11S. The first kappa shape index (κ1) is 51.0. The Bertz CT molecular complexity index is 3990. The van der Waals surface area contributed by atoms with Gasteiger partial charge in [0.05, 0.1) is 38.2 Å². The molecule has 27 heteroatoms. The highest BCUT2D eigenvalue weighted by Gasteiger charge is 2.26. The zero-order valence-electron chi connectivity index (χ0n) is 38.0. The number of carbonyl (C=O) groups is 3. The second-order valence-electron chi connectivity index (χ2n) is 15.3. The third-order valence-electron chi connectivity index (χ3n) is 10.9. The number of aromatic nitrogens is 7. The summed E-state index contributed by atoms with van der Waals surface area (Å²) < 4.78 is 48.6. The third-order valence-corrected chi connectivity index (χ3v) is 14.1. The number of fused-ring (bicyclic) bond motifs is 3. The van der Waals surface area contributed by atoms with E-state index in [9.17, 15) is 32.4 Å². The zero-order chi connectivity index (χ0) is 52.3. The molecule has 0 fully saturated rings. The molecule has 0 spiro atoms. The summed E-state index contributed by atoms with van der Waals surface area (Å²) >= 11 is 15.5. The quantitative estimate of drug-likeness (QED) is 0.0672. The molecule has 374 valence electrons. The van der Waals surface area contributed by atoms with E-state index in [2.05, 4.69) is 66.2 Å². The van der Waals surface area contributed by atoms with Crippen LogP contribution in [-0.4, -0.2) is 78.7 Å². The number of rotatable bonds is 11. The molecule has 5 heterocycles. The monoisotopic (exact) mass is 1110 g/mol. The van der Waals surface area contributed by atoms with Gasteiger partial charge in [0.15, 0.2) is 22.9 Å². The average molecular weight is 1120 g/mol. The Morgan fingerprint density at radius 3 is 1.92 bits per heavy atom. The van der Waals surface area contributed by atoms with Gasteiger partial charge in [-0.2, -0.15) is 4.31 Å². The highest BCUT2D eigenvalue weighted by atomic mass is 79.9. The van der Waals surface area contributed by atoms with Gasteiger partial charge in [-0.25, -0.2) is 18.0 Å². The number of amides is 3. The summed E-state index contributed by atoms with van der Waals surface area (Å²) in [5.41, 5.74) is 15.1. The van der Waals surface area contributed by atoms with Gasteiger partial charge in [-0.3, -0.25) is 33.4 Å². The summed E-state index contributed by atoms with van der Waals surface area (Å²) in [5.74, 6) is -2.75. The summed E-state index contributed by atoms with van der Waals surface area (Å²) in [6.45, 7) is 4.09. The average Bonchev–Trinajstić information content (AvgIpc) is 4.23. The van der Waals surface area contributed by atoms with Crippen molar-refractivity contribution >= 4 is 117 Å². The van der Waals surface area contributed by atoms with Gasteiger partial charge >= 0.3 is 11.5 Å². The summed E-state index contributed by atoms with van der Waals surface area (Å²) in [7, 11) is -1.99. The molecule has 0 radical (unpaired) electrons. The van der Waals surface area contributed by atoms with Crippen molar-refractivity contribution in [2.24, 2.45) is 12.8 Å². The molecule has 5 aromatic carbocycles. The molecule has 23 nitrogen and oxygen atoms in total. The Labute approximate surface area is 428 Å². The summed E-state index contributed by atoms with van der Waals surface area (Å²) in [5, 5.41) is 22.7. The number of nitrogens with zero attached hydrogens (tertiary/aromatic N) is 6. The number of aryl methyl sites for hydroxylation is 1. The Kier molecular flexibility index (Phi) is 14.8. The third kappa shape index (κ3) is 10.7. The first-order valence-corrected chi connectivity index (χ1v) is 24.3. The van der Waals surface area contributed by atoms with Gasteiger partial charge in [0.1, 0.15) is 11.2 Å². The molecule has 0 atom stereocenters. The van der Waals surface area contributed by atoms with Gasteiger partial charge in [-0.1, -0.05) is 75.9 Å². The van der Waals surface area contributed by atoms with E-state index in [1.54, 1.807) is 67.9 Å². The molecule has 0 aliphatic carbocycles. The van der Waals surface area contributed by atoms with E-state index in [0.717, 1.165) is 15.4 Å². The van der Waals surface area contributed by atoms with Gasteiger partial charge in [-0.05, 0) is 94.8 Å². The van der Waals surface area contributed by atoms with Crippen LogP contribution in [0.2, 0.25) is 10.0 Å². The van der Waals surface area contributed by atoms with Crippen molar-refractivity contribution in [3.8, 4) is 22.8 Å². The highest BCUT2D eigenvalue weighted by molar-refractivity contribution is 9.10. The number of aromatic amines is 2. The van der Waals surface area contributed by atoms with Crippen molar-refractivity contribution in [3.63, 3.8) is 0 Å². The number of benzene rings is 5. The van der Waals surface area contributed by atoms with Gasteiger partial charge in [0.2, 0.25) is 15.8 Å². The maximum Gasteiger partial charge on any atom is 0.439 e. The van der Waals surface area contributed by atoms with Crippen LogP contribution in [0.3, 0.4) is 0 Å². The van der Waals surface area contributed by atoms with Crippen molar-refractivity contribution in [2.45, 2.75) is 18.7 Å². The fourth-order valence-corrected chi connectivity index (χ4v) is 9.55. The maximum absolute atomic E-state index is 13.0. The molecule has 5 aromatic heterocycles. The van der Waals surface area contributed by atoms with Crippen molar-refractivity contribution in [3.05, 3.63) is 150 Å². The number of primary amides is 1. The minimum absolute atomic E-state index is 0.0169. The van der Waals surface area contributed by atoms with Crippen LogP contribution in [0.15, 0.2) is 134 Å². The van der Waals surface area contributed by atoms with Gasteiger partial charge in [0, 0.05) is 51.2 Å². The van der Waals surface area contributed by atoms with E-state index >= 15 is 0 Å². The lowest BCUT2D eigenvalue weighted by atomic mass is 10.1. The maximum atomic E-state index is 13.0. The van der Waals surface area contributed by atoms with E-state index in [-0.39, 0.29) is 50.6 Å². The Balaban J connectivity index is 0.000000160. The minimum Gasteiger partial charge on any atom is -0.396 e. The number of anilines is 3. The normalized spacial score (nSPS) is 11.3. The van der Waals surface area contributed by atoms with Crippen LogP contribution < -0.4 is 33.6 Å². The summed E-state index contributed by atoms with van der Waals surface area (Å²) in [6, 6.07) is 26.1. The van der Waals surface area contributed by atoms with Crippen LogP contribution >= 0.6 is 39.1 Å². The van der Waals surface area contributed by atoms with Crippen LogP contribution in [0.1, 0.15) is 45.4 Å². The molecule has 0 saturated carbocycles. The van der Waals surface area contributed by atoms with Crippen molar-refractivity contribution in [1.82, 2.24) is 39.5 Å². The van der Waals surface area contributed by atoms with E-state index in [1.807, 2.05) is 18.2 Å². The fourth-order valence-electron chi connectivity index (χ4n) is 7.40. The van der Waals surface area contributed by atoms with Gasteiger partial charge in [0.25, 0.3) is 17.7 Å². The summed E-state index contributed by atoms with van der Waals surface area (Å²) in [4.78, 5) is 64.2. The molecule has 10 aromatic rings. The lowest BCUT2D eigenvalue weighted by Gasteiger charge is -2.18. The Hall–Kier alpha value is -8.36. The number of halogens is 3. The second-order valence-corrected chi connectivity index (χ2v) is 19.0. The predicted octanol–water partition coefficient (Wildman–Crippen LogP) is 7.81. The number of nitrogens with one attached hydrogen (secondary N) is 4. The van der Waals surface area contributed by atoms with Crippen molar-refractivity contribution < 1.29 is 40.9 Å². The van der Waals surface area contributed by atoms with E-state index in [4.69, 9.17) is 43.7 Å². The molecule has 0 saturated heterocycles. The Morgan fingerprint density at radius 1 is 0.740 bits per heavy atom. The van der Waals surface area contributed by atoms with Crippen LogP contribution in [0.4, 0.5) is 17.1 Å². The highest BCUT2D eigenvalue weighted by Crippen LogP contribution is 2.34. The molecule has 0 aliphatic heterocycles. The number of hydrogen-bond donors (Lipinski definition) is 6. The molecule has 3 amide bonds. The second kappa shape index (κ2) is 21.2. The molecule has 8 N–H and O–H groups in total. The standard InChI is InChI=1S/C20H18ClN5O6S.C18H13BrClN5O3.C8H6N2O2/c1-3-26(4-2)33(29,30)12-6-8-16-14(10-12)17(24-31-16)19(27)22-15-7-5-11(21)9-13(15)18-23-20(28)32-25-18;1-25-13(6-8-2-4-11(19)14(21)15(8)25)17(26)22-12-5-3-9(20)7-10(12)16-23-18(27)28-24-16;9-8(11)7-5-3-1-2-4-6(5)10-12-7/h5-10H,3-4H2,1-2H3,(H,22,27)(H,23,25,28);2-7H,21H2,1H3,(H,22,26)(H,23,24,27);1-4H,(H2,9,11). The number of carbonyl (C=O) groups excluding carboxylic acids is 3. The first-order chi connectivity index (χ1) is 34.9. The molecule has 73 heavy (non-hydrogen) atoms. The number of hydrogen-bond acceptors (Lipinski definition) is 16. The van der Waals surface area contributed by atoms with E-state index < -0.39 is 33.3 Å². The molecule has 0 bridgehead atoms. The number of H-pyrrole nitrogens is 2. The largest absolute Gasteiger partial charge is 0.439 e. The number of nitrogens with two attached hydrogens (primary N) is 2. The molecule has 0 unspecified atom stereocenters. The van der Waals surface area contributed by atoms with Crippen LogP contribution in [0.5, 0.6) is 0 Å². The molecule has 10 rings (SSSR count). The van der Waals surface area contributed by atoms with Crippen LogP contribution in [0.25, 0.3) is 55.6 Å². The topological polar surface area (TPSA) is 339 Å². The summed E-state index contributed by atoms with van der Waals surface area (Å²) in [6.07, 6.45) is 0. The van der Waals surface area contributed by atoms with E-state index in [0.29, 0.717) is 62.2 Å². The molecular weight excluding hydrogens is 1080 g/mol. The smallest absolute Gasteiger partial charge is 0.396 e. The number of sulfonamides is 1. The van der Waals surface area contributed by atoms with Crippen LogP contribution in [-0.2, 0) is 17.1 Å². The number of nitrogen functional groups attached to an aromatic ring is 1. The van der Waals surface area contributed by atoms with E-state index in [1.165, 1.54) is 40.7 Å². The fraction of sp³-hybridized carbons (Fsp3) is 0.109. The first-order valence-electron chi connectivity index (χ1n) is 21.3. The van der Waals surface area contributed by atoms with Gasteiger partial charge in [-0.15, -0.1) is 0 Å². The SMILES string of the molecule is CCN(CC)S(=O)(=O)c1ccc2onc(C(=O)Nc3ccc(Cl)cc3-c3noc(=O)[nH]3)c2c1.Cn1c(C(=O)Nc2ccc(Cl)cc2-c2noc(=O)[nH]2)cc2ccc(Br)c(N)c21.NC(=O)c1onc2ccccc12. The minimum atomic E-state index is -3.75. The van der Waals surface area contributed by atoms with Crippen LogP contribution in [0, 0.1) is 0 Å². The van der Waals surface area contributed by atoms with Gasteiger partial charge < -0.3 is 35.7 Å². The lowest BCUT2D eigenvalue weighted by Crippen LogP contribution is -2.30. The molecule has 0 aliphatic rings.